The van der Waals surface area contributed by atoms with Gasteiger partial charge in [0.1, 0.15) is 0 Å². The number of carboxylic acid groups (broad SMARTS) is 1. The van der Waals surface area contributed by atoms with Crippen molar-refractivity contribution in [3.63, 3.8) is 0 Å². The average molecular weight is 369 g/mol. The molecule has 2 aromatic rings. The molecular formula is C17H18ClFN2O4. The lowest BCUT2D eigenvalue weighted by Gasteiger charge is -2.12. The minimum atomic E-state index is -0.937. The molecule has 0 fully saturated rings. The molecule has 1 heterocycles. The maximum Gasteiger partial charge on any atom is 0.303 e. The van der Waals surface area contributed by atoms with Crippen LogP contribution in [-0.2, 0) is 4.79 Å². The molecule has 0 bridgehead atoms. The summed E-state index contributed by atoms with van der Waals surface area (Å²) in [5, 5.41) is 8.65. The maximum absolute atomic E-state index is 14.3. The fraction of sp³-hybridized carbons (Fsp3) is 0.353. The SMILES string of the molecule is CC(C)Oc1cncc(-c2cc(F)c(OCCCC(=O)O)c(Cl)c2)n1. The summed E-state index contributed by atoms with van der Waals surface area (Å²) < 4.78 is 25.0. The van der Waals surface area contributed by atoms with Crippen LogP contribution in [0.15, 0.2) is 24.5 Å². The number of carboxylic acids is 1. The molecule has 0 aliphatic carbocycles. The van der Waals surface area contributed by atoms with Gasteiger partial charge >= 0.3 is 5.97 Å². The van der Waals surface area contributed by atoms with E-state index in [0.29, 0.717) is 17.1 Å². The number of halogens is 2. The standard InChI is InChI=1S/C17H18ClFN2O4/c1-10(2)25-15-9-20-8-14(21-15)11-6-12(18)17(13(19)7-11)24-5-3-4-16(22)23/h6-10H,3-5H2,1-2H3,(H,22,23). The molecule has 134 valence electrons. The molecular weight excluding hydrogens is 351 g/mol. The smallest absolute Gasteiger partial charge is 0.303 e. The molecule has 0 unspecified atom stereocenters. The number of benzene rings is 1. The molecule has 0 saturated heterocycles. The van der Waals surface area contributed by atoms with Crippen molar-refractivity contribution < 1.29 is 23.8 Å². The van der Waals surface area contributed by atoms with Crippen molar-refractivity contribution in [3.8, 4) is 22.9 Å². The summed E-state index contributed by atoms with van der Waals surface area (Å²) >= 11 is 6.09. The first-order valence-electron chi connectivity index (χ1n) is 7.69. The Balaban J connectivity index is 2.17. The predicted molar refractivity (Wildman–Crippen MR) is 90.6 cm³/mol. The van der Waals surface area contributed by atoms with Crippen molar-refractivity contribution in [3.05, 3.63) is 35.4 Å². The number of aliphatic carboxylic acids is 1. The number of hydrogen-bond donors (Lipinski definition) is 1. The second-order valence-electron chi connectivity index (χ2n) is 5.52. The number of ether oxygens (including phenoxy) is 2. The normalized spacial score (nSPS) is 10.8. The van der Waals surface area contributed by atoms with Crippen LogP contribution in [0.25, 0.3) is 11.3 Å². The van der Waals surface area contributed by atoms with Crippen LogP contribution < -0.4 is 9.47 Å². The highest BCUT2D eigenvalue weighted by atomic mass is 35.5. The summed E-state index contributed by atoms with van der Waals surface area (Å²) in [6, 6.07) is 2.75. The summed E-state index contributed by atoms with van der Waals surface area (Å²) in [5.74, 6) is -1.38. The van der Waals surface area contributed by atoms with E-state index in [-0.39, 0.29) is 36.3 Å². The Labute approximate surface area is 149 Å². The molecule has 0 radical (unpaired) electrons. The first-order valence-corrected chi connectivity index (χ1v) is 8.07. The largest absolute Gasteiger partial charge is 0.489 e. The summed E-state index contributed by atoms with van der Waals surface area (Å²) in [4.78, 5) is 18.8. The van der Waals surface area contributed by atoms with Crippen molar-refractivity contribution in [1.29, 1.82) is 0 Å². The minimum Gasteiger partial charge on any atom is -0.489 e. The number of hydrogen-bond acceptors (Lipinski definition) is 5. The molecule has 0 amide bonds. The van der Waals surface area contributed by atoms with E-state index < -0.39 is 11.8 Å². The molecule has 1 N–H and O–H groups in total. The summed E-state index contributed by atoms with van der Waals surface area (Å²) in [6.45, 7) is 3.78. The fourth-order valence-corrected chi connectivity index (χ4v) is 2.29. The zero-order valence-electron chi connectivity index (χ0n) is 13.8. The van der Waals surface area contributed by atoms with Gasteiger partial charge in [-0.25, -0.2) is 9.37 Å². The van der Waals surface area contributed by atoms with Crippen LogP contribution in [-0.4, -0.2) is 33.8 Å². The molecule has 8 heteroatoms. The van der Waals surface area contributed by atoms with Gasteiger partial charge in [0.05, 0.1) is 35.8 Å². The van der Waals surface area contributed by atoms with Gasteiger partial charge in [-0.05, 0) is 32.4 Å². The van der Waals surface area contributed by atoms with Crippen LogP contribution >= 0.6 is 11.6 Å². The number of carbonyl (C=O) groups is 1. The lowest BCUT2D eigenvalue weighted by atomic mass is 10.1. The second-order valence-corrected chi connectivity index (χ2v) is 5.93. The van der Waals surface area contributed by atoms with Crippen molar-refractivity contribution in [2.45, 2.75) is 32.8 Å². The summed E-state index contributed by atoms with van der Waals surface area (Å²) in [5.41, 5.74) is 0.846. The van der Waals surface area contributed by atoms with Crippen LogP contribution in [0.2, 0.25) is 5.02 Å². The van der Waals surface area contributed by atoms with Crippen LogP contribution in [0.1, 0.15) is 26.7 Å². The zero-order chi connectivity index (χ0) is 18.4. The molecule has 0 atom stereocenters. The quantitative estimate of drug-likeness (QED) is 0.710. The first kappa shape index (κ1) is 18.9. The molecule has 1 aromatic carbocycles. The molecule has 2 rings (SSSR count). The summed E-state index contributed by atoms with van der Waals surface area (Å²) in [6.07, 6.45) is 3.08. The molecule has 25 heavy (non-hydrogen) atoms. The predicted octanol–water partition coefficient (Wildman–Crippen LogP) is 3.97. The fourth-order valence-electron chi connectivity index (χ4n) is 2.03. The van der Waals surface area contributed by atoms with Crippen LogP contribution in [0.3, 0.4) is 0 Å². The highest BCUT2D eigenvalue weighted by molar-refractivity contribution is 6.32. The molecule has 1 aromatic heterocycles. The van der Waals surface area contributed by atoms with E-state index in [4.69, 9.17) is 26.2 Å². The molecule has 0 aliphatic heterocycles. The van der Waals surface area contributed by atoms with Gasteiger partial charge in [-0.15, -0.1) is 0 Å². The Morgan fingerprint density at radius 1 is 1.36 bits per heavy atom. The van der Waals surface area contributed by atoms with Gasteiger partial charge in [-0.3, -0.25) is 9.78 Å². The zero-order valence-corrected chi connectivity index (χ0v) is 14.6. The Bertz CT molecular complexity index is 732. The van der Waals surface area contributed by atoms with E-state index in [9.17, 15) is 9.18 Å². The average Bonchev–Trinajstić information content (AvgIpc) is 2.52. The first-order chi connectivity index (χ1) is 11.9. The molecule has 0 aliphatic rings. The van der Waals surface area contributed by atoms with Gasteiger partial charge in [-0.1, -0.05) is 11.6 Å². The van der Waals surface area contributed by atoms with Crippen LogP contribution in [0.4, 0.5) is 4.39 Å². The van der Waals surface area contributed by atoms with Gasteiger partial charge < -0.3 is 14.6 Å². The van der Waals surface area contributed by atoms with E-state index in [1.54, 1.807) is 0 Å². The third kappa shape index (κ3) is 5.56. The van der Waals surface area contributed by atoms with Crippen molar-refractivity contribution in [1.82, 2.24) is 9.97 Å². The van der Waals surface area contributed by atoms with E-state index in [2.05, 4.69) is 9.97 Å². The molecule has 0 saturated carbocycles. The van der Waals surface area contributed by atoms with Gasteiger partial charge in [0, 0.05) is 12.0 Å². The molecule has 6 nitrogen and oxygen atoms in total. The van der Waals surface area contributed by atoms with Gasteiger partial charge in [0.2, 0.25) is 5.88 Å². The van der Waals surface area contributed by atoms with Crippen molar-refractivity contribution in [2.75, 3.05) is 6.61 Å². The van der Waals surface area contributed by atoms with Crippen molar-refractivity contribution >= 4 is 17.6 Å². The minimum absolute atomic E-state index is 0.0554. The Hall–Kier alpha value is -2.41. The Morgan fingerprint density at radius 3 is 2.76 bits per heavy atom. The van der Waals surface area contributed by atoms with E-state index >= 15 is 0 Å². The number of nitrogens with zero attached hydrogens (tertiary/aromatic N) is 2. The topological polar surface area (TPSA) is 81.5 Å². The number of aromatic nitrogens is 2. The number of rotatable bonds is 8. The Morgan fingerprint density at radius 2 is 2.12 bits per heavy atom. The van der Waals surface area contributed by atoms with Gasteiger partial charge in [0.25, 0.3) is 0 Å². The van der Waals surface area contributed by atoms with Crippen LogP contribution in [0.5, 0.6) is 11.6 Å². The van der Waals surface area contributed by atoms with Gasteiger partial charge in [0.15, 0.2) is 11.6 Å². The highest BCUT2D eigenvalue weighted by Crippen LogP contribution is 2.33. The highest BCUT2D eigenvalue weighted by Gasteiger charge is 2.14. The lowest BCUT2D eigenvalue weighted by molar-refractivity contribution is -0.137. The third-order valence-electron chi connectivity index (χ3n) is 3.04. The van der Waals surface area contributed by atoms with E-state index in [0.717, 1.165) is 0 Å². The Kier molecular flexibility index (Phi) is 6.52. The van der Waals surface area contributed by atoms with E-state index in [1.165, 1.54) is 24.5 Å². The third-order valence-corrected chi connectivity index (χ3v) is 3.33. The molecule has 0 spiro atoms. The van der Waals surface area contributed by atoms with Crippen molar-refractivity contribution in [2.24, 2.45) is 0 Å². The monoisotopic (exact) mass is 368 g/mol. The lowest BCUT2D eigenvalue weighted by Crippen LogP contribution is -2.07. The van der Waals surface area contributed by atoms with Crippen LogP contribution in [0, 0.1) is 5.82 Å². The van der Waals surface area contributed by atoms with Gasteiger partial charge in [-0.2, -0.15) is 0 Å². The second kappa shape index (κ2) is 8.62. The maximum atomic E-state index is 14.3. The summed E-state index contributed by atoms with van der Waals surface area (Å²) in [7, 11) is 0. The van der Waals surface area contributed by atoms with E-state index in [1.807, 2.05) is 13.8 Å².